The largest absolute Gasteiger partial charge is 0.432 e. The van der Waals surface area contributed by atoms with Crippen LogP contribution in [0.15, 0.2) is 79.5 Å². The number of pyridine rings is 3. The van der Waals surface area contributed by atoms with Gasteiger partial charge in [0.05, 0.1) is 5.69 Å². The number of nitrogens with zero attached hydrogens (tertiary/aromatic N) is 4. The van der Waals surface area contributed by atoms with Crippen LogP contribution in [0, 0.1) is 0 Å². The Morgan fingerprint density at radius 3 is 2.47 bits per heavy atom. The van der Waals surface area contributed by atoms with Crippen molar-refractivity contribution in [3.05, 3.63) is 90.6 Å². The van der Waals surface area contributed by atoms with E-state index in [1.54, 1.807) is 47.9 Å². The molecule has 0 aliphatic carbocycles. The molecule has 4 aromatic rings. The number of ether oxygens (including phenoxy) is 1. The monoisotopic (exact) mass is 435 g/mol. The normalized spacial score (nSPS) is 10.8. The Balaban J connectivity index is 1.62. The highest BCUT2D eigenvalue weighted by Gasteiger charge is 2.18. The predicted molar refractivity (Wildman–Crippen MR) is 115 cm³/mol. The van der Waals surface area contributed by atoms with E-state index in [9.17, 15) is 13.6 Å². The second kappa shape index (κ2) is 9.78. The molecule has 0 bridgehead atoms. The standard InChI is InChI=1S/C23H19F2N5O2/c24-22(25)32-20-6-5-19(18-4-2-10-28-21(18)20)29-23(31)30(14-16-7-11-26-12-8-16)15-17-3-1-9-27-13-17/h1-13,22H,14-15H2,(H,29,31). The molecule has 0 unspecified atom stereocenters. The van der Waals surface area contributed by atoms with Crippen LogP contribution < -0.4 is 10.1 Å². The van der Waals surface area contributed by atoms with Crippen LogP contribution in [-0.2, 0) is 13.1 Å². The molecule has 0 radical (unpaired) electrons. The van der Waals surface area contributed by atoms with Crippen molar-refractivity contribution in [3.8, 4) is 5.75 Å². The number of nitrogens with one attached hydrogen (secondary N) is 1. The lowest BCUT2D eigenvalue weighted by Crippen LogP contribution is -2.34. The summed E-state index contributed by atoms with van der Waals surface area (Å²) in [5.74, 6) is -0.0578. The highest BCUT2D eigenvalue weighted by atomic mass is 19.3. The van der Waals surface area contributed by atoms with Crippen LogP contribution in [0.2, 0.25) is 0 Å². The molecule has 9 heteroatoms. The van der Waals surface area contributed by atoms with Gasteiger partial charge in [0.25, 0.3) is 0 Å². The van der Waals surface area contributed by atoms with E-state index in [4.69, 9.17) is 0 Å². The molecule has 7 nitrogen and oxygen atoms in total. The van der Waals surface area contributed by atoms with Gasteiger partial charge in [-0.25, -0.2) is 4.79 Å². The SMILES string of the molecule is O=C(Nc1ccc(OC(F)F)c2ncccc12)N(Cc1ccncc1)Cc1cccnc1. The molecular formula is C23H19F2N5O2. The zero-order valence-electron chi connectivity index (χ0n) is 16.9. The van der Waals surface area contributed by atoms with Gasteiger partial charge in [0.2, 0.25) is 0 Å². The number of benzene rings is 1. The molecule has 0 saturated heterocycles. The minimum absolute atomic E-state index is 0.0578. The summed E-state index contributed by atoms with van der Waals surface area (Å²) in [6.07, 6.45) is 8.17. The first kappa shape index (κ1) is 21.1. The number of carbonyl (C=O) groups excluding carboxylic acids is 1. The average molecular weight is 435 g/mol. The Labute approximate surface area is 182 Å². The lowest BCUT2D eigenvalue weighted by Gasteiger charge is -2.24. The molecule has 3 aromatic heterocycles. The van der Waals surface area contributed by atoms with Gasteiger partial charge in [0, 0.05) is 49.5 Å². The van der Waals surface area contributed by atoms with Crippen molar-refractivity contribution < 1.29 is 18.3 Å². The fraction of sp³-hybridized carbons (Fsp3) is 0.130. The molecule has 32 heavy (non-hydrogen) atoms. The fourth-order valence-electron chi connectivity index (χ4n) is 3.26. The maximum absolute atomic E-state index is 13.2. The summed E-state index contributed by atoms with van der Waals surface area (Å²) in [6.45, 7) is -2.31. The van der Waals surface area contributed by atoms with Gasteiger partial charge in [-0.05, 0) is 53.6 Å². The van der Waals surface area contributed by atoms with Crippen molar-refractivity contribution in [1.29, 1.82) is 0 Å². The minimum Gasteiger partial charge on any atom is -0.432 e. The Kier molecular flexibility index (Phi) is 6.45. The second-order valence-corrected chi connectivity index (χ2v) is 6.89. The zero-order chi connectivity index (χ0) is 22.3. The molecule has 0 saturated carbocycles. The number of carbonyl (C=O) groups is 1. The number of alkyl halides is 2. The maximum atomic E-state index is 13.2. The van der Waals surface area contributed by atoms with Crippen LogP contribution in [0.25, 0.3) is 10.9 Å². The van der Waals surface area contributed by atoms with E-state index in [0.717, 1.165) is 11.1 Å². The molecule has 0 fully saturated rings. The Morgan fingerprint density at radius 2 is 1.72 bits per heavy atom. The molecule has 0 aliphatic rings. The highest BCUT2D eigenvalue weighted by molar-refractivity contribution is 6.02. The summed E-state index contributed by atoms with van der Waals surface area (Å²) in [4.78, 5) is 27.1. The first-order valence-corrected chi connectivity index (χ1v) is 9.76. The van der Waals surface area contributed by atoms with E-state index in [-0.39, 0.29) is 17.3 Å². The summed E-state index contributed by atoms with van der Waals surface area (Å²) < 4.78 is 30.0. The van der Waals surface area contributed by atoms with Gasteiger partial charge in [-0.2, -0.15) is 8.78 Å². The predicted octanol–water partition coefficient (Wildman–Crippen LogP) is 4.86. The van der Waals surface area contributed by atoms with Gasteiger partial charge in [0.1, 0.15) is 5.52 Å². The van der Waals surface area contributed by atoms with Crippen molar-refractivity contribution in [2.45, 2.75) is 19.7 Å². The summed E-state index contributed by atoms with van der Waals surface area (Å²) in [5.41, 5.74) is 2.44. The molecular weight excluding hydrogens is 416 g/mol. The Hall–Kier alpha value is -4.14. The van der Waals surface area contributed by atoms with E-state index in [1.807, 2.05) is 18.2 Å². The third kappa shape index (κ3) is 5.12. The Morgan fingerprint density at radius 1 is 0.938 bits per heavy atom. The second-order valence-electron chi connectivity index (χ2n) is 6.89. The lowest BCUT2D eigenvalue weighted by molar-refractivity contribution is -0.0489. The van der Waals surface area contributed by atoms with Gasteiger partial charge < -0.3 is 15.0 Å². The molecule has 0 atom stereocenters. The molecule has 0 aliphatic heterocycles. The van der Waals surface area contributed by atoms with Crippen LogP contribution in [0.3, 0.4) is 0 Å². The lowest BCUT2D eigenvalue weighted by atomic mass is 10.1. The molecule has 0 spiro atoms. The molecule has 2 amide bonds. The quantitative estimate of drug-likeness (QED) is 0.448. The number of fused-ring (bicyclic) bond motifs is 1. The molecule has 1 N–H and O–H groups in total. The van der Waals surface area contributed by atoms with Gasteiger partial charge >= 0.3 is 12.6 Å². The third-order valence-corrected chi connectivity index (χ3v) is 4.70. The zero-order valence-corrected chi connectivity index (χ0v) is 16.9. The number of hydrogen-bond donors (Lipinski definition) is 1. The van der Waals surface area contributed by atoms with Gasteiger partial charge in [-0.15, -0.1) is 0 Å². The summed E-state index contributed by atoms with van der Waals surface area (Å²) >= 11 is 0. The van der Waals surface area contributed by atoms with Crippen LogP contribution in [0.5, 0.6) is 5.75 Å². The van der Waals surface area contributed by atoms with Crippen LogP contribution in [0.1, 0.15) is 11.1 Å². The van der Waals surface area contributed by atoms with Crippen LogP contribution >= 0.6 is 0 Å². The molecule has 3 heterocycles. The van der Waals surface area contributed by atoms with E-state index >= 15 is 0 Å². The topological polar surface area (TPSA) is 80.2 Å². The van der Waals surface area contributed by atoms with E-state index < -0.39 is 6.61 Å². The third-order valence-electron chi connectivity index (χ3n) is 4.70. The number of rotatable bonds is 7. The highest BCUT2D eigenvalue weighted by Crippen LogP contribution is 2.31. The average Bonchev–Trinajstić information content (AvgIpc) is 2.81. The maximum Gasteiger partial charge on any atom is 0.387 e. The van der Waals surface area contributed by atoms with Crippen LogP contribution in [0.4, 0.5) is 19.3 Å². The van der Waals surface area contributed by atoms with E-state index in [0.29, 0.717) is 24.2 Å². The molecule has 4 rings (SSSR count). The van der Waals surface area contributed by atoms with Crippen molar-refractivity contribution in [1.82, 2.24) is 19.9 Å². The number of urea groups is 1. The number of anilines is 1. The van der Waals surface area contributed by atoms with E-state index in [1.165, 1.54) is 18.3 Å². The van der Waals surface area contributed by atoms with Gasteiger partial charge in [0.15, 0.2) is 5.75 Å². The number of aromatic nitrogens is 3. The van der Waals surface area contributed by atoms with Crippen molar-refractivity contribution in [2.75, 3.05) is 5.32 Å². The van der Waals surface area contributed by atoms with E-state index in [2.05, 4.69) is 25.0 Å². The summed E-state index contributed by atoms with van der Waals surface area (Å²) in [5, 5.41) is 3.36. The summed E-state index contributed by atoms with van der Waals surface area (Å²) in [6, 6.07) is 13.2. The number of hydrogen-bond acceptors (Lipinski definition) is 5. The summed E-state index contributed by atoms with van der Waals surface area (Å²) in [7, 11) is 0. The van der Waals surface area contributed by atoms with Crippen molar-refractivity contribution in [3.63, 3.8) is 0 Å². The van der Waals surface area contributed by atoms with Gasteiger partial charge in [-0.1, -0.05) is 6.07 Å². The molecule has 162 valence electrons. The van der Waals surface area contributed by atoms with Crippen molar-refractivity contribution >= 4 is 22.6 Å². The Bertz CT molecular complexity index is 1150. The number of halogens is 2. The smallest absolute Gasteiger partial charge is 0.387 e. The van der Waals surface area contributed by atoms with Crippen LogP contribution in [-0.4, -0.2) is 32.5 Å². The minimum atomic E-state index is -2.98. The first-order valence-electron chi connectivity index (χ1n) is 9.76. The fourth-order valence-corrected chi connectivity index (χ4v) is 3.26. The van der Waals surface area contributed by atoms with Crippen molar-refractivity contribution in [2.24, 2.45) is 0 Å². The van der Waals surface area contributed by atoms with Gasteiger partial charge in [-0.3, -0.25) is 15.0 Å². The first-order chi connectivity index (χ1) is 15.6. The molecule has 1 aromatic carbocycles. The number of amides is 2.